The zero-order valence-electron chi connectivity index (χ0n) is 3.78. The monoisotopic (exact) mass is 88.1 g/mol. The van der Waals surface area contributed by atoms with Crippen molar-refractivity contribution < 1.29 is 5.11 Å². The summed E-state index contributed by atoms with van der Waals surface area (Å²) in [6.07, 6.45) is 0.795. The molecule has 0 heterocycles. The average Bonchev–Trinajstić information content (AvgIpc) is 1.61. The van der Waals surface area contributed by atoms with Crippen LogP contribution in [-0.4, -0.2) is 18.3 Å². The SMILES string of the molecule is [CH2]NCCCO. The summed E-state index contributed by atoms with van der Waals surface area (Å²) in [5.41, 5.74) is 0. The predicted octanol–water partition coefficient (Wildman–Crippen LogP) is -0.250. The van der Waals surface area contributed by atoms with Crippen LogP contribution >= 0.6 is 0 Å². The minimum atomic E-state index is 0.252. The van der Waals surface area contributed by atoms with Crippen molar-refractivity contribution in [2.45, 2.75) is 6.42 Å². The van der Waals surface area contributed by atoms with E-state index in [9.17, 15) is 0 Å². The van der Waals surface area contributed by atoms with Gasteiger partial charge in [-0.05, 0) is 13.0 Å². The van der Waals surface area contributed by atoms with Crippen LogP contribution in [0.4, 0.5) is 0 Å². The number of nitrogens with one attached hydrogen (secondary N) is 1. The fourth-order valence-electron chi connectivity index (χ4n) is 0.204. The molecule has 0 aromatic rings. The first-order valence-electron chi connectivity index (χ1n) is 2.02. The van der Waals surface area contributed by atoms with Gasteiger partial charge in [0.05, 0.1) is 0 Å². The van der Waals surface area contributed by atoms with Crippen molar-refractivity contribution in [2.24, 2.45) is 0 Å². The lowest BCUT2D eigenvalue weighted by molar-refractivity contribution is 0.288. The summed E-state index contributed by atoms with van der Waals surface area (Å²) in [6.45, 7) is 1.05. The molecule has 6 heavy (non-hydrogen) atoms. The first kappa shape index (κ1) is 5.92. The second kappa shape index (κ2) is 4.92. The molecule has 0 fully saturated rings. The van der Waals surface area contributed by atoms with Gasteiger partial charge < -0.3 is 10.4 Å². The fourth-order valence-corrected chi connectivity index (χ4v) is 0.204. The lowest BCUT2D eigenvalue weighted by atomic mass is 10.5. The van der Waals surface area contributed by atoms with E-state index in [1.807, 2.05) is 0 Å². The highest BCUT2D eigenvalue weighted by Crippen LogP contribution is 1.66. The number of aliphatic hydroxyl groups excluding tert-OH is 1. The third kappa shape index (κ3) is 3.92. The molecule has 0 atom stereocenters. The van der Waals surface area contributed by atoms with E-state index in [1.54, 1.807) is 0 Å². The summed E-state index contributed by atoms with van der Waals surface area (Å²) in [6, 6.07) is 0. The van der Waals surface area contributed by atoms with Gasteiger partial charge in [-0.3, -0.25) is 0 Å². The van der Waals surface area contributed by atoms with Crippen molar-refractivity contribution in [3.05, 3.63) is 7.05 Å². The van der Waals surface area contributed by atoms with Gasteiger partial charge in [0.2, 0.25) is 0 Å². The number of hydrogen-bond donors (Lipinski definition) is 2. The Morgan fingerprint density at radius 3 is 2.50 bits per heavy atom. The van der Waals surface area contributed by atoms with Gasteiger partial charge in [-0.25, -0.2) is 0 Å². The molecule has 2 nitrogen and oxygen atoms in total. The Kier molecular flexibility index (Phi) is 4.85. The largest absolute Gasteiger partial charge is 0.396 e. The standard InChI is InChI=1S/C4H10NO/c1-5-3-2-4-6/h5-6H,1-4H2. The van der Waals surface area contributed by atoms with Crippen molar-refractivity contribution in [3.63, 3.8) is 0 Å². The summed E-state index contributed by atoms with van der Waals surface area (Å²) in [5, 5.41) is 10.8. The molecule has 0 aromatic heterocycles. The highest BCUT2D eigenvalue weighted by atomic mass is 16.3. The molecule has 0 spiro atoms. The summed E-state index contributed by atoms with van der Waals surface area (Å²) in [4.78, 5) is 0. The van der Waals surface area contributed by atoms with E-state index < -0.39 is 0 Å². The van der Waals surface area contributed by atoms with Crippen molar-refractivity contribution >= 4 is 0 Å². The minimum absolute atomic E-state index is 0.252. The summed E-state index contributed by atoms with van der Waals surface area (Å²) in [5.74, 6) is 0. The molecule has 0 aliphatic rings. The smallest absolute Gasteiger partial charge is 0.0443 e. The molecule has 2 heteroatoms. The van der Waals surface area contributed by atoms with Crippen LogP contribution in [0.2, 0.25) is 0 Å². The minimum Gasteiger partial charge on any atom is -0.396 e. The number of hydrogen-bond acceptors (Lipinski definition) is 2. The Hall–Kier alpha value is -0.0800. The fraction of sp³-hybridized carbons (Fsp3) is 0.750. The first-order chi connectivity index (χ1) is 2.91. The highest BCUT2D eigenvalue weighted by molar-refractivity contribution is 4.39. The summed E-state index contributed by atoms with van der Waals surface area (Å²) >= 11 is 0. The molecular weight excluding hydrogens is 78.0 g/mol. The third-order valence-electron chi connectivity index (χ3n) is 0.512. The van der Waals surface area contributed by atoms with Crippen LogP contribution in [0, 0.1) is 7.05 Å². The second-order valence-electron chi connectivity index (χ2n) is 1.08. The maximum Gasteiger partial charge on any atom is 0.0443 e. The predicted molar refractivity (Wildman–Crippen MR) is 25.1 cm³/mol. The topological polar surface area (TPSA) is 32.3 Å². The van der Waals surface area contributed by atoms with Gasteiger partial charge in [0.1, 0.15) is 0 Å². The van der Waals surface area contributed by atoms with Crippen LogP contribution in [0.5, 0.6) is 0 Å². The number of rotatable bonds is 3. The molecule has 0 aromatic carbocycles. The zero-order chi connectivity index (χ0) is 4.83. The van der Waals surface area contributed by atoms with Crippen molar-refractivity contribution in [3.8, 4) is 0 Å². The van der Waals surface area contributed by atoms with E-state index in [-0.39, 0.29) is 6.61 Å². The Balaban J connectivity index is 2.34. The Bertz CT molecular complexity index is 19.5. The van der Waals surface area contributed by atoms with E-state index in [4.69, 9.17) is 5.11 Å². The van der Waals surface area contributed by atoms with Crippen LogP contribution in [-0.2, 0) is 0 Å². The van der Waals surface area contributed by atoms with Crippen LogP contribution in [0.3, 0.4) is 0 Å². The van der Waals surface area contributed by atoms with Crippen LogP contribution in [0.1, 0.15) is 6.42 Å². The molecular formula is C4H10NO. The molecule has 0 rings (SSSR count). The summed E-state index contributed by atoms with van der Waals surface area (Å²) < 4.78 is 0. The molecule has 0 saturated heterocycles. The molecule has 2 N–H and O–H groups in total. The molecule has 37 valence electrons. The normalized spacial score (nSPS) is 9.00. The van der Waals surface area contributed by atoms with Crippen LogP contribution < -0.4 is 5.32 Å². The third-order valence-corrected chi connectivity index (χ3v) is 0.512. The molecule has 0 aliphatic carbocycles. The van der Waals surface area contributed by atoms with Gasteiger partial charge in [0.15, 0.2) is 0 Å². The Morgan fingerprint density at radius 2 is 2.33 bits per heavy atom. The van der Waals surface area contributed by atoms with Gasteiger partial charge in [-0.1, -0.05) is 0 Å². The molecule has 0 amide bonds. The maximum atomic E-state index is 8.13. The quantitative estimate of drug-likeness (QED) is 0.466. The number of aliphatic hydroxyl groups is 1. The van der Waals surface area contributed by atoms with Gasteiger partial charge in [-0.2, -0.15) is 0 Å². The van der Waals surface area contributed by atoms with Gasteiger partial charge in [0, 0.05) is 13.7 Å². The van der Waals surface area contributed by atoms with E-state index in [2.05, 4.69) is 12.4 Å². The lowest BCUT2D eigenvalue weighted by Crippen LogP contribution is -2.05. The van der Waals surface area contributed by atoms with E-state index >= 15 is 0 Å². The molecule has 0 saturated carbocycles. The Morgan fingerprint density at radius 1 is 1.67 bits per heavy atom. The lowest BCUT2D eigenvalue weighted by Gasteiger charge is -1.89. The average molecular weight is 88.1 g/mol. The van der Waals surface area contributed by atoms with Crippen molar-refractivity contribution in [2.75, 3.05) is 13.2 Å². The van der Waals surface area contributed by atoms with E-state index in [1.165, 1.54) is 0 Å². The van der Waals surface area contributed by atoms with Crippen molar-refractivity contribution in [1.29, 1.82) is 0 Å². The second-order valence-corrected chi connectivity index (χ2v) is 1.08. The van der Waals surface area contributed by atoms with Gasteiger partial charge in [-0.15, -0.1) is 0 Å². The highest BCUT2D eigenvalue weighted by Gasteiger charge is 1.74. The van der Waals surface area contributed by atoms with Crippen LogP contribution in [0.15, 0.2) is 0 Å². The van der Waals surface area contributed by atoms with Crippen molar-refractivity contribution in [1.82, 2.24) is 5.32 Å². The first-order valence-corrected chi connectivity index (χ1v) is 2.02. The maximum absolute atomic E-state index is 8.13. The van der Waals surface area contributed by atoms with Gasteiger partial charge in [0.25, 0.3) is 0 Å². The van der Waals surface area contributed by atoms with E-state index in [0.717, 1.165) is 13.0 Å². The molecule has 0 unspecified atom stereocenters. The van der Waals surface area contributed by atoms with Crippen LogP contribution in [0.25, 0.3) is 0 Å². The molecule has 0 aliphatic heterocycles. The Labute approximate surface area is 38.2 Å². The zero-order valence-corrected chi connectivity index (χ0v) is 3.78. The van der Waals surface area contributed by atoms with Gasteiger partial charge >= 0.3 is 0 Å². The summed E-state index contributed by atoms with van der Waals surface area (Å²) in [7, 11) is 3.36. The molecule has 0 bridgehead atoms. The molecule has 1 radical (unpaired) electrons. The van der Waals surface area contributed by atoms with E-state index in [0.29, 0.717) is 0 Å².